The fourth-order valence-corrected chi connectivity index (χ4v) is 2.69. The second-order valence-electron chi connectivity index (χ2n) is 8.09. The largest absolute Gasteiger partial charge is 0.360 e. The lowest BCUT2D eigenvalue weighted by atomic mass is 9.86. The van der Waals surface area contributed by atoms with Crippen LogP contribution in [0.2, 0.25) is 0 Å². The van der Waals surface area contributed by atoms with Gasteiger partial charge in [0.15, 0.2) is 5.82 Å². The van der Waals surface area contributed by atoms with Crippen molar-refractivity contribution in [1.29, 1.82) is 0 Å². The van der Waals surface area contributed by atoms with Crippen molar-refractivity contribution in [3.05, 3.63) is 47.2 Å². The summed E-state index contributed by atoms with van der Waals surface area (Å²) in [4.78, 5) is 38.2. The molecule has 0 unspecified atom stereocenters. The van der Waals surface area contributed by atoms with Gasteiger partial charge in [0.2, 0.25) is 11.8 Å². The summed E-state index contributed by atoms with van der Waals surface area (Å²) in [5, 5.41) is 8.89. The molecule has 0 aliphatic rings. The van der Waals surface area contributed by atoms with E-state index in [1.807, 2.05) is 12.1 Å². The van der Waals surface area contributed by atoms with Gasteiger partial charge in [0.25, 0.3) is 5.91 Å². The summed E-state index contributed by atoms with van der Waals surface area (Å²) in [6, 6.07) is 8.09. The van der Waals surface area contributed by atoms with Crippen molar-refractivity contribution < 1.29 is 18.9 Å². The number of likely N-dealkylation sites (N-methyl/N-ethyl adjacent to an activating group) is 1. The number of benzene rings is 1. The zero-order valence-electron chi connectivity index (χ0n) is 17.7. The van der Waals surface area contributed by atoms with Crippen LogP contribution in [-0.4, -0.2) is 47.4 Å². The molecule has 3 amide bonds. The van der Waals surface area contributed by atoms with E-state index in [0.717, 1.165) is 5.56 Å². The molecule has 1 heterocycles. The lowest BCUT2D eigenvalue weighted by Gasteiger charge is -2.22. The second-order valence-corrected chi connectivity index (χ2v) is 8.09. The molecular weight excluding hydrogens is 372 g/mol. The topological polar surface area (TPSA) is 105 Å². The van der Waals surface area contributed by atoms with Gasteiger partial charge in [0.05, 0.1) is 6.54 Å². The number of aryl methyl sites for hydroxylation is 1. The zero-order chi connectivity index (χ0) is 21.8. The van der Waals surface area contributed by atoms with Gasteiger partial charge in [0.1, 0.15) is 11.8 Å². The van der Waals surface area contributed by atoms with Gasteiger partial charge in [-0.2, -0.15) is 0 Å². The quantitative estimate of drug-likeness (QED) is 0.775. The number of anilines is 1. The Kier molecular flexibility index (Phi) is 6.79. The summed E-state index contributed by atoms with van der Waals surface area (Å²) in [5.74, 6) is -0.283. The molecule has 0 saturated heterocycles. The molecule has 0 saturated carbocycles. The van der Waals surface area contributed by atoms with Gasteiger partial charge < -0.3 is 20.1 Å². The Hall–Kier alpha value is -3.16. The summed E-state index contributed by atoms with van der Waals surface area (Å²) in [5.41, 5.74) is 1.58. The Bertz CT molecular complexity index is 881. The molecule has 8 nitrogen and oxygen atoms in total. The fraction of sp³-hybridized carbons (Fsp3) is 0.429. The molecule has 2 aromatic rings. The van der Waals surface area contributed by atoms with Crippen molar-refractivity contribution >= 4 is 23.5 Å². The monoisotopic (exact) mass is 400 g/mol. The third-order valence-electron chi connectivity index (χ3n) is 4.38. The van der Waals surface area contributed by atoms with E-state index in [2.05, 4.69) is 36.6 Å². The Morgan fingerprint density at radius 1 is 1.17 bits per heavy atom. The van der Waals surface area contributed by atoms with Crippen LogP contribution in [0.3, 0.4) is 0 Å². The first-order chi connectivity index (χ1) is 13.5. The molecule has 0 bridgehead atoms. The van der Waals surface area contributed by atoms with E-state index < -0.39 is 11.9 Å². The highest BCUT2D eigenvalue weighted by Gasteiger charge is 2.22. The standard InChI is InChI=1S/C21H28N4O4/c1-13-11-17(24-29-13)23-18(26)12-25(6)20(28)14(2)22-19(27)15-7-9-16(10-8-15)21(3,4)5/h7-11,14H,12H2,1-6H3,(H,22,27)(H,23,24,26)/t14-/m0/s1. The highest BCUT2D eigenvalue weighted by atomic mass is 16.5. The molecule has 1 aromatic carbocycles. The van der Waals surface area contributed by atoms with E-state index in [9.17, 15) is 14.4 Å². The van der Waals surface area contributed by atoms with Crippen molar-refractivity contribution in [2.75, 3.05) is 18.9 Å². The fourth-order valence-electron chi connectivity index (χ4n) is 2.69. The van der Waals surface area contributed by atoms with Gasteiger partial charge in [-0.25, -0.2) is 0 Å². The summed E-state index contributed by atoms with van der Waals surface area (Å²) in [6.07, 6.45) is 0. The van der Waals surface area contributed by atoms with E-state index in [1.165, 1.54) is 11.9 Å². The summed E-state index contributed by atoms with van der Waals surface area (Å²) >= 11 is 0. The van der Waals surface area contributed by atoms with Crippen molar-refractivity contribution in [3.63, 3.8) is 0 Å². The minimum Gasteiger partial charge on any atom is -0.360 e. The smallest absolute Gasteiger partial charge is 0.251 e. The van der Waals surface area contributed by atoms with E-state index in [4.69, 9.17) is 4.52 Å². The number of carbonyl (C=O) groups is 3. The number of nitrogens with zero attached hydrogens (tertiary/aromatic N) is 2. The number of nitrogens with one attached hydrogen (secondary N) is 2. The maximum absolute atomic E-state index is 12.5. The van der Waals surface area contributed by atoms with Crippen LogP contribution in [0.25, 0.3) is 0 Å². The molecule has 1 aromatic heterocycles. The van der Waals surface area contributed by atoms with Crippen LogP contribution in [0.15, 0.2) is 34.9 Å². The van der Waals surface area contributed by atoms with Crippen LogP contribution >= 0.6 is 0 Å². The SMILES string of the molecule is Cc1cc(NC(=O)CN(C)C(=O)[C@H](C)NC(=O)c2ccc(C(C)(C)C)cc2)no1. The van der Waals surface area contributed by atoms with Gasteiger partial charge in [-0.15, -0.1) is 0 Å². The van der Waals surface area contributed by atoms with Crippen LogP contribution in [0, 0.1) is 6.92 Å². The van der Waals surface area contributed by atoms with Gasteiger partial charge in [-0.05, 0) is 37.0 Å². The molecule has 0 aliphatic heterocycles. The zero-order valence-corrected chi connectivity index (χ0v) is 17.7. The predicted octanol–water partition coefficient (Wildman–Crippen LogP) is 2.50. The minimum atomic E-state index is -0.781. The number of rotatable bonds is 6. The summed E-state index contributed by atoms with van der Waals surface area (Å²) < 4.78 is 4.87. The van der Waals surface area contributed by atoms with Crippen molar-refractivity contribution in [2.24, 2.45) is 0 Å². The van der Waals surface area contributed by atoms with Crippen LogP contribution in [0.5, 0.6) is 0 Å². The molecule has 2 rings (SSSR count). The molecule has 0 spiro atoms. The Balaban J connectivity index is 1.89. The Morgan fingerprint density at radius 2 is 1.79 bits per heavy atom. The lowest BCUT2D eigenvalue weighted by molar-refractivity contribution is -0.134. The molecule has 8 heteroatoms. The normalized spacial score (nSPS) is 12.2. The van der Waals surface area contributed by atoms with Gasteiger partial charge in [-0.1, -0.05) is 38.1 Å². The van der Waals surface area contributed by atoms with Gasteiger partial charge in [0, 0.05) is 18.7 Å². The van der Waals surface area contributed by atoms with Crippen molar-refractivity contribution in [3.8, 4) is 0 Å². The third-order valence-corrected chi connectivity index (χ3v) is 4.38. The van der Waals surface area contributed by atoms with Gasteiger partial charge in [-0.3, -0.25) is 14.4 Å². The van der Waals surface area contributed by atoms with Gasteiger partial charge >= 0.3 is 0 Å². The molecule has 0 radical (unpaired) electrons. The summed E-state index contributed by atoms with van der Waals surface area (Å²) in [6.45, 7) is 9.40. The van der Waals surface area contributed by atoms with Crippen LogP contribution in [0.4, 0.5) is 5.82 Å². The van der Waals surface area contributed by atoms with E-state index in [-0.39, 0.29) is 29.6 Å². The van der Waals surface area contributed by atoms with E-state index >= 15 is 0 Å². The molecule has 0 fully saturated rings. The van der Waals surface area contributed by atoms with Crippen LogP contribution in [0.1, 0.15) is 49.4 Å². The molecule has 156 valence electrons. The first-order valence-electron chi connectivity index (χ1n) is 9.37. The average Bonchev–Trinajstić information content (AvgIpc) is 3.04. The number of carbonyl (C=O) groups excluding carboxylic acids is 3. The molecule has 0 aliphatic carbocycles. The average molecular weight is 400 g/mol. The first kappa shape index (κ1) is 22.1. The van der Waals surface area contributed by atoms with E-state index in [0.29, 0.717) is 11.3 Å². The lowest BCUT2D eigenvalue weighted by Crippen LogP contribution is -2.47. The number of aromatic nitrogens is 1. The maximum Gasteiger partial charge on any atom is 0.251 e. The number of hydrogen-bond donors (Lipinski definition) is 2. The minimum absolute atomic E-state index is 0.00771. The third kappa shape index (κ3) is 6.17. The summed E-state index contributed by atoms with van der Waals surface area (Å²) in [7, 11) is 1.50. The number of amides is 3. The predicted molar refractivity (Wildman–Crippen MR) is 110 cm³/mol. The van der Waals surface area contributed by atoms with Crippen LogP contribution in [-0.2, 0) is 15.0 Å². The molecule has 2 N–H and O–H groups in total. The maximum atomic E-state index is 12.5. The number of hydrogen-bond acceptors (Lipinski definition) is 5. The van der Waals surface area contributed by atoms with Crippen LogP contribution < -0.4 is 10.6 Å². The first-order valence-corrected chi connectivity index (χ1v) is 9.37. The Morgan fingerprint density at radius 3 is 2.31 bits per heavy atom. The molecule has 1 atom stereocenters. The van der Waals surface area contributed by atoms with E-state index in [1.54, 1.807) is 32.0 Å². The highest BCUT2D eigenvalue weighted by Crippen LogP contribution is 2.22. The highest BCUT2D eigenvalue weighted by molar-refractivity contribution is 5.98. The van der Waals surface area contributed by atoms with Crippen molar-refractivity contribution in [2.45, 2.75) is 46.1 Å². The Labute approximate surface area is 170 Å². The molecular formula is C21H28N4O4. The second kappa shape index (κ2) is 8.89. The van der Waals surface area contributed by atoms with Crippen molar-refractivity contribution in [1.82, 2.24) is 15.4 Å². The molecule has 29 heavy (non-hydrogen) atoms.